The van der Waals surface area contributed by atoms with E-state index in [1.54, 1.807) is 26.0 Å². The van der Waals surface area contributed by atoms with Gasteiger partial charge < -0.3 is 9.84 Å². The van der Waals surface area contributed by atoms with E-state index in [0.717, 1.165) is 4.88 Å². The molecule has 0 saturated carbocycles. The molecule has 0 aromatic carbocycles. The maximum Gasteiger partial charge on any atom is 0.253 e. The molecule has 1 N–H and O–H groups in total. The summed E-state index contributed by atoms with van der Waals surface area (Å²) in [7, 11) is -3.66. The number of nitrogens with zero attached hydrogens (tertiary/aromatic N) is 2. The number of hydrogen-bond donors (Lipinski definition) is 1. The second-order valence-electron chi connectivity index (χ2n) is 5.83. The van der Waals surface area contributed by atoms with Crippen molar-refractivity contribution < 1.29 is 17.7 Å². The second-order valence-corrected chi connectivity index (χ2v) is 9.23. The predicted molar refractivity (Wildman–Crippen MR) is 90.6 cm³/mol. The van der Waals surface area contributed by atoms with E-state index in [9.17, 15) is 13.2 Å². The molecule has 1 aliphatic heterocycles. The molecular weight excluding hydrogens is 350 g/mol. The molecule has 24 heavy (non-hydrogen) atoms. The van der Waals surface area contributed by atoms with Crippen molar-refractivity contribution in [1.29, 1.82) is 0 Å². The zero-order valence-electron chi connectivity index (χ0n) is 13.7. The number of anilines is 1. The van der Waals surface area contributed by atoms with Gasteiger partial charge in [-0.1, -0.05) is 5.16 Å². The van der Waals surface area contributed by atoms with E-state index in [1.165, 1.54) is 15.6 Å². The van der Waals surface area contributed by atoms with Crippen molar-refractivity contribution in [3.63, 3.8) is 0 Å². The maximum absolute atomic E-state index is 12.8. The Balaban J connectivity index is 1.84. The van der Waals surface area contributed by atoms with Crippen LogP contribution in [-0.4, -0.2) is 36.4 Å². The fraction of sp³-hybridized carbons (Fsp3) is 0.467. The van der Waals surface area contributed by atoms with Crippen LogP contribution in [0.1, 0.15) is 29.2 Å². The monoisotopic (exact) mass is 369 g/mol. The summed E-state index contributed by atoms with van der Waals surface area (Å²) in [5, 5.41) is 6.56. The summed E-state index contributed by atoms with van der Waals surface area (Å²) in [6, 6.07) is 2.65. The highest BCUT2D eigenvalue weighted by Crippen LogP contribution is 2.31. The van der Waals surface area contributed by atoms with Gasteiger partial charge in [-0.3, -0.25) is 4.79 Å². The fourth-order valence-electron chi connectivity index (χ4n) is 2.82. The van der Waals surface area contributed by atoms with E-state index in [0.29, 0.717) is 36.5 Å². The molecule has 1 aliphatic rings. The molecule has 0 bridgehead atoms. The molecule has 0 radical (unpaired) electrons. The Hall–Kier alpha value is -1.71. The maximum atomic E-state index is 12.8. The third kappa shape index (κ3) is 2.99. The van der Waals surface area contributed by atoms with Crippen LogP contribution in [-0.2, 0) is 14.8 Å². The fourth-order valence-corrected chi connectivity index (χ4v) is 5.89. The lowest BCUT2D eigenvalue weighted by atomic mass is 10.2. The lowest BCUT2D eigenvalue weighted by molar-refractivity contribution is -0.119. The molecule has 130 valence electrons. The smallest absolute Gasteiger partial charge is 0.253 e. The zero-order valence-corrected chi connectivity index (χ0v) is 15.3. The van der Waals surface area contributed by atoms with Gasteiger partial charge in [-0.25, -0.2) is 8.42 Å². The number of nitrogens with one attached hydrogen (secondary N) is 1. The number of hydrogen-bond acceptors (Lipinski definition) is 6. The molecular formula is C15H19N3O4S2. The number of rotatable bonds is 4. The van der Waals surface area contributed by atoms with Crippen LogP contribution in [0.2, 0.25) is 0 Å². The first kappa shape index (κ1) is 17.1. The number of aryl methyl sites for hydroxylation is 3. The van der Waals surface area contributed by atoms with E-state index in [4.69, 9.17) is 4.52 Å². The van der Waals surface area contributed by atoms with Gasteiger partial charge in [-0.05, 0) is 45.7 Å². The van der Waals surface area contributed by atoms with Gasteiger partial charge in [-0.15, -0.1) is 11.3 Å². The summed E-state index contributed by atoms with van der Waals surface area (Å²) in [5.41, 5.74) is 1.08. The van der Waals surface area contributed by atoms with E-state index in [-0.39, 0.29) is 10.1 Å². The largest absolute Gasteiger partial charge is 0.359 e. The van der Waals surface area contributed by atoms with Crippen LogP contribution in [0.5, 0.6) is 0 Å². The molecule has 0 aliphatic carbocycles. The molecule has 1 unspecified atom stereocenters. The Morgan fingerprint density at radius 1 is 1.38 bits per heavy atom. The van der Waals surface area contributed by atoms with Gasteiger partial charge in [0.15, 0.2) is 5.76 Å². The number of carbonyl (C=O) groups is 1. The van der Waals surface area contributed by atoms with Crippen LogP contribution in [0.25, 0.3) is 0 Å². The quantitative estimate of drug-likeness (QED) is 0.894. The summed E-state index contributed by atoms with van der Waals surface area (Å²) in [5.74, 6) is 0.154. The average Bonchev–Trinajstić information content (AvgIpc) is 3.23. The standard InChI is InChI=1S/C15H19N3O4S2/c1-9-6-7-13(23-9)24(20,21)18-8-4-5-12(18)15(19)16-14-10(2)17-22-11(14)3/h6-7,12H,4-5,8H2,1-3H3,(H,16,19). The Labute approximate surface area is 144 Å². The number of thiophene rings is 1. The summed E-state index contributed by atoms with van der Waals surface area (Å²) in [6.45, 7) is 5.63. The molecule has 1 saturated heterocycles. The SMILES string of the molecule is Cc1ccc(S(=O)(=O)N2CCCC2C(=O)Nc2c(C)noc2C)s1. The summed E-state index contributed by atoms with van der Waals surface area (Å²) in [6.07, 6.45) is 1.15. The van der Waals surface area contributed by atoms with Crippen LogP contribution >= 0.6 is 11.3 Å². The van der Waals surface area contributed by atoms with Crippen LogP contribution in [0.3, 0.4) is 0 Å². The molecule has 3 rings (SSSR count). The highest BCUT2D eigenvalue weighted by molar-refractivity contribution is 7.91. The van der Waals surface area contributed by atoms with Crippen LogP contribution < -0.4 is 5.32 Å². The van der Waals surface area contributed by atoms with E-state index in [1.807, 2.05) is 6.92 Å². The molecule has 1 atom stereocenters. The van der Waals surface area contributed by atoms with Gasteiger partial charge in [0, 0.05) is 11.4 Å². The van der Waals surface area contributed by atoms with Gasteiger partial charge in [0.2, 0.25) is 5.91 Å². The highest BCUT2D eigenvalue weighted by atomic mass is 32.2. The van der Waals surface area contributed by atoms with E-state index in [2.05, 4.69) is 10.5 Å². The van der Waals surface area contributed by atoms with Crippen molar-refractivity contribution in [1.82, 2.24) is 9.46 Å². The number of carbonyl (C=O) groups excluding carboxylic acids is 1. The predicted octanol–water partition coefficient (Wildman–Crippen LogP) is 2.45. The Morgan fingerprint density at radius 3 is 2.71 bits per heavy atom. The minimum absolute atomic E-state index is 0.275. The normalized spacial score (nSPS) is 18.9. The first-order chi connectivity index (χ1) is 11.3. The topological polar surface area (TPSA) is 92.5 Å². The number of amides is 1. The van der Waals surface area contributed by atoms with Crippen molar-refractivity contribution in [2.75, 3.05) is 11.9 Å². The van der Waals surface area contributed by atoms with Gasteiger partial charge >= 0.3 is 0 Å². The Kier molecular flexibility index (Phi) is 4.50. The third-order valence-electron chi connectivity index (χ3n) is 4.07. The van der Waals surface area contributed by atoms with Gasteiger partial charge in [0.05, 0.1) is 0 Å². The lowest BCUT2D eigenvalue weighted by Crippen LogP contribution is -2.43. The number of sulfonamides is 1. The van der Waals surface area contributed by atoms with Crippen molar-refractivity contribution >= 4 is 33.0 Å². The first-order valence-corrected chi connectivity index (χ1v) is 9.88. The van der Waals surface area contributed by atoms with Crippen LogP contribution in [0.15, 0.2) is 20.9 Å². The lowest BCUT2D eigenvalue weighted by Gasteiger charge is -2.22. The summed E-state index contributed by atoms with van der Waals surface area (Å²) >= 11 is 1.22. The third-order valence-corrected chi connectivity index (χ3v) is 7.44. The molecule has 3 heterocycles. The molecule has 7 nitrogen and oxygen atoms in total. The van der Waals surface area contributed by atoms with Gasteiger partial charge in [0.25, 0.3) is 10.0 Å². The Morgan fingerprint density at radius 2 is 2.12 bits per heavy atom. The molecule has 0 spiro atoms. The summed E-state index contributed by atoms with van der Waals surface area (Å²) in [4.78, 5) is 13.5. The van der Waals surface area contributed by atoms with Gasteiger partial charge in [-0.2, -0.15) is 4.31 Å². The van der Waals surface area contributed by atoms with Crippen LogP contribution in [0.4, 0.5) is 5.69 Å². The molecule has 2 aromatic rings. The van der Waals surface area contributed by atoms with E-state index >= 15 is 0 Å². The molecule has 2 aromatic heterocycles. The van der Waals surface area contributed by atoms with Gasteiger partial charge in [0.1, 0.15) is 21.6 Å². The van der Waals surface area contributed by atoms with Crippen molar-refractivity contribution in [3.05, 3.63) is 28.5 Å². The van der Waals surface area contributed by atoms with Crippen molar-refractivity contribution in [2.45, 2.75) is 43.9 Å². The minimum Gasteiger partial charge on any atom is -0.359 e. The number of aromatic nitrogens is 1. The summed E-state index contributed by atoms with van der Waals surface area (Å²) < 4.78 is 32.3. The van der Waals surface area contributed by atoms with Crippen LogP contribution in [0, 0.1) is 20.8 Å². The molecule has 1 amide bonds. The zero-order chi connectivity index (χ0) is 17.5. The second kappa shape index (κ2) is 6.30. The minimum atomic E-state index is -3.66. The van der Waals surface area contributed by atoms with E-state index < -0.39 is 16.1 Å². The van der Waals surface area contributed by atoms with Crippen molar-refractivity contribution in [3.8, 4) is 0 Å². The highest BCUT2D eigenvalue weighted by Gasteiger charge is 2.40. The molecule has 1 fully saturated rings. The Bertz CT molecular complexity index is 850. The average molecular weight is 369 g/mol. The first-order valence-electron chi connectivity index (χ1n) is 7.62. The van der Waals surface area contributed by atoms with Crippen molar-refractivity contribution in [2.24, 2.45) is 0 Å². The molecule has 9 heteroatoms.